The Labute approximate surface area is 147 Å². The molecule has 0 radical (unpaired) electrons. The molecule has 1 aliphatic carbocycles. The summed E-state index contributed by atoms with van der Waals surface area (Å²) in [5.74, 6) is -0.198. The van der Waals surface area contributed by atoms with Gasteiger partial charge in [0.05, 0.1) is 10.6 Å². The van der Waals surface area contributed by atoms with Crippen LogP contribution in [0, 0.1) is 10.1 Å². The van der Waals surface area contributed by atoms with Crippen LogP contribution < -0.4 is 15.4 Å². The highest BCUT2D eigenvalue weighted by Crippen LogP contribution is 2.26. The zero-order chi connectivity index (χ0) is 18.4. The van der Waals surface area contributed by atoms with Crippen molar-refractivity contribution >= 4 is 15.7 Å². The van der Waals surface area contributed by atoms with Crippen LogP contribution >= 0.6 is 0 Å². The fourth-order valence-corrected chi connectivity index (χ4v) is 3.84. The smallest absolute Gasteiger partial charge is 0.275 e. The molecule has 0 atom stereocenters. The monoisotopic (exact) mass is 369 g/mol. The summed E-state index contributed by atoms with van der Waals surface area (Å²) in [4.78, 5) is 13.9. The van der Waals surface area contributed by atoms with E-state index in [-0.39, 0.29) is 22.8 Å². The largest absolute Gasteiger partial charge is 0.381 e. The molecule has 10 heteroatoms. The normalized spacial score (nSPS) is 16.0. The molecule has 1 aliphatic rings. The lowest BCUT2D eigenvalue weighted by Crippen LogP contribution is -2.36. The van der Waals surface area contributed by atoms with Crippen molar-refractivity contribution in [2.75, 3.05) is 5.32 Å². The van der Waals surface area contributed by atoms with Crippen LogP contribution in [0.15, 0.2) is 35.4 Å². The third kappa shape index (κ3) is 5.59. The fourth-order valence-electron chi connectivity index (χ4n) is 2.71. The van der Waals surface area contributed by atoms with Gasteiger partial charge in [-0.25, -0.2) is 8.42 Å². The number of pyridine rings is 1. The van der Waals surface area contributed by atoms with E-state index in [1.54, 1.807) is 19.9 Å². The van der Waals surface area contributed by atoms with Crippen LogP contribution in [0.3, 0.4) is 0 Å². The van der Waals surface area contributed by atoms with Crippen molar-refractivity contribution in [1.82, 2.24) is 15.0 Å². The summed E-state index contributed by atoms with van der Waals surface area (Å²) in [6.07, 6.45) is 7.52. The number of nitrogens with zero attached hydrogens (tertiary/aromatic N) is 2. The third-order valence-corrected chi connectivity index (χ3v) is 5.10. The van der Waals surface area contributed by atoms with Gasteiger partial charge in [0, 0.05) is 24.5 Å². The maximum atomic E-state index is 12.7. The first-order chi connectivity index (χ1) is 11.8. The Morgan fingerprint density at radius 2 is 2.08 bits per heavy atom. The SMILES string of the molecule is CC(C)N/C(=C\[N+](=O)[O-])NS(=O)(=O)c1cnccc1NC1CCCC1. The molecule has 0 unspecified atom stereocenters. The van der Waals surface area contributed by atoms with Gasteiger partial charge in [0.2, 0.25) is 0 Å². The van der Waals surface area contributed by atoms with Crippen LogP contribution in [-0.2, 0) is 10.0 Å². The first-order valence-electron chi connectivity index (χ1n) is 8.13. The van der Waals surface area contributed by atoms with E-state index < -0.39 is 14.9 Å². The minimum atomic E-state index is -4.03. The molecule has 0 amide bonds. The van der Waals surface area contributed by atoms with E-state index >= 15 is 0 Å². The summed E-state index contributed by atoms with van der Waals surface area (Å²) >= 11 is 0. The van der Waals surface area contributed by atoms with E-state index in [2.05, 4.69) is 20.3 Å². The number of nitrogens with one attached hydrogen (secondary N) is 3. The van der Waals surface area contributed by atoms with Crippen molar-refractivity contribution < 1.29 is 13.3 Å². The Morgan fingerprint density at radius 1 is 1.40 bits per heavy atom. The summed E-state index contributed by atoms with van der Waals surface area (Å²) in [6.45, 7) is 3.50. The molecule has 2 rings (SSSR count). The van der Waals surface area contributed by atoms with Crippen molar-refractivity contribution in [3.05, 3.63) is 40.6 Å². The number of rotatable bonds is 8. The van der Waals surface area contributed by atoms with Crippen molar-refractivity contribution in [3.8, 4) is 0 Å². The molecule has 3 N–H and O–H groups in total. The molecule has 0 saturated heterocycles. The Morgan fingerprint density at radius 3 is 2.68 bits per heavy atom. The van der Waals surface area contributed by atoms with Gasteiger partial charge in [-0.1, -0.05) is 12.8 Å². The lowest BCUT2D eigenvalue weighted by molar-refractivity contribution is -0.404. The minimum absolute atomic E-state index is 0.0401. The molecule has 25 heavy (non-hydrogen) atoms. The zero-order valence-electron chi connectivity index (χ0n) is 14.2. The Hall–Kier alpha value is -2.36. The molecule has 0 aliphatic heterocycles. The summed E-state index contributed by atoms with van der Waals surface area (Å²) in [5, 5.41) is 16.7. The van der Waals surface area contributed by atoms with E-state index in [9.17, 15) is 18.5 Å². The molecular weight excluding hydrogens is 346 g/mol. The van der Waals surface area contributed by atoms with Gasteiger partial charge in [-0.15, -0.1) is 0 Å². The maximum Gasteiger partial charge on any atom is 0.275 e. The molecule has 1 saturated carbocycles. The summed E-state index contributed by atoms with van der Waals surface area (Å²) in [6, 6.07) is 1.64. The van der Waals surface area contributed by atoms with Crippen LogP contribution in [0.2, 0.25) is 0 Å². The highest BCUT2D eigenvalue weighted by molar-refractivity contribution is 7.89. The van der Waals surface area contributed by atoms with Crippen molar-refractivity contribution in [2.45, 2.75) is 56.5 Å². The van der Waals surface area contributed by atoms with E-state index in [1.165, 1.54) is 12.4 Å². The maximum absolute atomic E-state index is 12.7. The standard InChI is InChI=1S/C15H23N5O4S/c1-11(2)17-15(10-20(21)22)19-25(23,24)14-9-16-8-7-13(14)18-12-5-3-4-6-12/h7-12,17,19H,3-6H2,1-2H3,(H,16,18)/b15-10+. The number of hydrogen-bond acceptors (Lipinski definition) is 7. The van der Waals surface area contributed by atoms with E-state index in [0.29, 0.717) is 11.9 Å². The molecule has 1 aromatic heterocycles. The Bertz CT molecular complexity index is 742. The molecule has 1 aromatic rings. The lowest BCUT2D eigenvalue weighted by atomic mass is 10.2. The zero-order valence-corrected chi connectivity index (χ0v) is 15.0. The molecule has 0 bridgehead atoms. The van der Waals surface area contributed by atoms with Gasteiger partial charge in [0.15, 0.2) is 5.82 Å². The predicted octanol–water partition coefficient (Wildman–Crippen LogP) is 1.79. The second-order valence-corrected chi connectivity index (χ2v) is 7.88. The topological polar surface area (TPSA) is 126 Å². The average Bonchev–Trinajstić information content (AvgIpc) is 2.98. The van der Waals surface area contributed by atoms with Gasteiger partial charge in [-0.2, -0.15) is 0 Å². The number of aromatic nitrogens is 1. The van der Waals surface area contributed by atoms with E-state index in [1.807, 2.05) is 0 Å². The molecular formula is C15H23N5O4S. The number of sulfonamides is 1. The van der Waals surface area contributed by atoms with Crippen molar-refractivity contribution in [3.63, 3.8) is 0 Å². The van der Waals surface area contributed by atoms with Crippen LogP contribution in [-0.4, -0.2) is 30.4 Å². The van der Waals surface area contributed by atoms with Gasteiger partial charge < -0.3 is 10.6 Å². The second-order valence-electron chi connectivity index (χ2n) is 6.23. The highest BCUT2D eigenvalue weighted by atomic mass is 32.2. The summed E-state index contributed by atoms with van der Waals surface area (Å²) in [5.41, 5.74) is 0.444. The van der Waals surface area contributed by atoms with Gasteiger partial charge in [-0.3, -0.25) is 19.8 Å². The first-order valence-corrected chi connectivity index (χ1v) is 9.61. The molecule has 0 spiro atoms. The molecule has 138 valence electrons. The van der Waals surface area contributed by atoms with Crippen LogP contribution in [0.1, 0.15) is 39.5 Å². The number of anilines is 1. The van der Waals surface area contributed by atoms with Gasteiger partial charge in [-0.05, 0) is 32.8 Å². The molecule has 1 fully saturated rings. The molecule has 0 aromatic carbocycles. The minimum Gasteiger partial charge on any atom is -0.381 e. The Balaban J connectivity index is 2.27. The summed E-state index contributed by atoms with van der Waals surface area (Å²) in [7, 11) is -4.03. The lowest BCUT2D eigenvalue weighted by Gasteiger charge is -2.18. The number of nitro groups is 1. The second kappa shape index (κ2) is 8.15. The van der Waals surface area contributed by atoms with E-state index in [0.717, 1.165) is 25.7 Å². The summed E-state index contributed by atoms with van der Waals surface area (Å²) < 4.78 is 27.6. The first kappa shape index (κ1) is 19.0. The third-order valence-electron chi connectivity index (χ3n) is 3.71. The predicted molar refractivity (Wildman–Crippen MR) is 93.8 cm³/mol. The molecule has 1 heterocycles. The van der Waals surface area contributed by atoms with Gasteiger partial charge in [0.1, 0.15) is 4.90 Å². The van der Waals surface area contributed by atoms with Crippen LogP contribution in [0.5, 0.6) is 0 Å². The average molecular weight is 369 g/mol. The van der Waals surface area contributed by atoms with E-state index in [4.69, 9.17) is 0 Å². The van der Waals surface area contributed by atoms with Crippen LogP contribution in [0.4, 0.5) is 5.69 Å². The van der Waals surface area contributed by atoms with Crippen LogP contribution in [0.25, 0.3) is 0 Å². The van der Waals surface area contributed by atoms with Gasteiger partial charge in [0.25, 0.3) is 16.2 Å². The quantitative estimate of drug-likeness (QED) is 0.471. The molecule has 9 nitrogen and oxygen atoms in total. The van der Waals surface area contributed by atoms with Crippen molar-refractivity contribution in [2.24, 2.45) is 0 Å². The van der Waals surface area contributed by atoms with Gasteiger partial charge >= 0.3 is 0 Å². The number of hydrogen-bond donors (Lipinski definition) is 3. The van der Waals surface area contributed by atoms with Crippen molar-refractivity contribution in [1.29, 1.82) is 0 Å². The highest BCUT2D eigenvalue weighted by Gasteiger charge is 2.24. The Kier molecular flexibility index (Phi) is 6.18. The fraction of sp³-hybridized carbons (Fsp3) is 0.533.